The summed E-state index contributed by atoms with van der Waals surface area (Å²) < 4.78 is 36.2. The van der Waals surface area contributed by atoms with Crippen molar-refractivity contribution in [1.82, 2.24) is 0 Å². The number of aromatic hydroxyl groups is 2. The fourth-order valence-electron chi connectivity index (χ4n) is 7.07. The van der Waals surface area contributed by atoms with Crippen molar-refractivity contribution < 1.29 is 38.6 Å². The van der Waals surface area contributed by atoms with Gasteiger partial charge < -0.3 is 38.6 Å². The number of aryl methyl sites for hydroxylation is 2. The van der Waals surface area contributed by atoms with Gasteiger partial charge in [0.2, 0.25) is 12.6 Å². The van der Waals surface area contributed by atoms with Crippen LogP contribution in [0.4, 0.5) is 0 Å². The van der Waals surface area contributed by atoms with Crippen LogP contribution in [0.5, 0.6) is 34.5 Å². The van der Waals surface area contributed by atoms with Crippen LogP contribution < -0.4 is 18.9 Å². The Hall–Kier alpha value is -3.88. The van der Waals surface area contributed by atoms with Gasteiger partial charge in [0.05, 0.1) is 25.3 Å². The van der Waals surface area contributed by atoms with Gasteiger partial charge in [0.1, 0.15) is 11.5 Å². The Morgan fingerprint density at radius 2 is 1.00 bits per heavy atom. The van der Waals surface area contributed by atoms with Gasteiger partial charge in [0, 0.05) is 47.2 Å². The zero-order valence-corrected chi connectivity index (χ0v) is 25.8. The quantitative estimate of drug-likeness (QED) is 0.229. The number of phenols is 2. The van der Waals surface area contributed by atoms with Crippen LogP contribution in [0.1, 0.15) is 85.5 Å². The van der Waals surface area contributed by atoms with Crippen molar-refractivity contribution in [1.29, 1.82) is 0 Å². The maximum absolute atomic E-state index is 11.3. The summed E-state index contributed by atoms with van der Waals surface area (Å²) in [6.07, 6.45) is -1.54. The average molecular weight is 575 g/mol. The lowest BCUT2D eigenvalue weighted by molar-refractivity contribution is -0.0492. The minimum atomic E-state index is -0.771. The molecule has 2 atom stereocenters. The number of phenolic OH excluding ortho intramolecular Hbond substituents is 2. The number of hydrogen-bond donors (Lipinski definition) is 2. The molecule has 0 fully saturated rings. The molecule has 4 aromatic rings. The van der Waals surface area contributed by atoms with Gasteiger partial charge in [0.15, 0.2) is 23.0 Å². The zero-order chi connectivity index (χ0) is 30.4. The molecule has 222 valence electrons. The van der Waals surface area contributed by atoms with Crippen molar-refractivity contribution in [2.75, 3.05) is 28.4 Å². The van der Waals surface area contributed by atoms with Gasteiger partial charge in [-0.3, -0.25) is 0 Å². The highest BCUT2D eigenvalue weighted by atomic mass is 16.7. The lowest BCUT2D eigenvalue weighted by Crippen LogP contribution is -2.07. The van der Waals surface area contributed by atoms with Crippen molar-refractivity contribution >= 4 is 21.5 Å². The normalized spacial score (nSPS) is 17.0. The predicted octanol–water partition coefficient (Wildman–Crippen LogP) is 8.03. The van der Waals surface area contributed by atoms with E-state index in [0.29, 0.717) is 34.1 Å². The Balaban J connectivity index is 1.79. The molecular formula is C34H38O8. The smallest absolute Gasteiger partial charge is 0.231 e. The summed E-state index contributed by atoms with van der Waals surface area (Å²) >= 11 is 0. The van der Waals surface area contributed by atoms with E-state index in [9.17, 15) is 10.2 Å². The third-order valence-corrected chi connectivity index (χ3v) is 8.67. The minimum absolute atomic E-state index is 0.0237. The summed E-state index contributed by atoms with van der Waals surface area (Å²) in [6.45, 7) is 12.3. The first-order valence-electron chi connectivity index (χ1n) is 14.2. The summed E-state index contributed by atoms with van der Waals surface area (Å²) in [5, 5.41) is 26.2. The summed E-state index contributed by atoms with van der Waals surface area (Å²) in [7, 11) is 6.25. The maximum atomic E-state index is 11.3. The van der Waals surface area contributed by atoms with Crippen LogP contribution in [0.15, 0.2) is 12.1 Å². The number of ether oxygens (including phenoxy) is 6. The van der Waals surface area contributed by atoms with Crippen LogP contribution >= 0.6 is 0 Å². The topological polar surface area (TPSA) is 95.8 Å². The average Bonchev–Trinajstić information content (AvgIpc) is 3.50. The molecule has 2 unspecified atom stereocenters. The first-order valence-corrected chi connectivity index (χ1v) is 14.2. The van der Waals surface area contributed by atoms with Crippen molar-refractivity contribution in [2.24, 2.45) is 0 Å². The molecule has 8 nitrogen and oxygen atoms in total. The Morgan fingerprint density at radius 1 is 0.643 bits per heavy atom. The molecule has 6 rings (SSSR count). The van der Waals surface area contributed by atoms with E-state index in [4.69, 9.17) is 28.4 Å². The first-order chi connectivity index (χ1) is 20.0. The number of benzene rings is 4. The molecule has 0 aromatic heterocycles. The zero-order valence-electron chi connectivity index (χ0n) is 25.8. The molecule has 0 radical (unpaired) electrons. The van der Waals surface area contributed by atoms with E-state index in [1.165, 1.54) is 0 Å². The van der Waals surface area contributed by atoms with Crippen molar-refractivity contribution in [3.63, 3.8) is 0 Å². The van der Waals surface area contributed by atoms with Gasteiger partial charge >= 0.3 is 0 Å². The molecule has 0 amide bonds. The van der Waals surface area contributed by atoms with Gasteiger partial charge in [-0.1, -0.05) is 39.8 Å². The highest BCUT2D eigenvalue weighted by Gasteiger charge is 2.41. The monoisotopic (exact) mass is 574 g/mol. The lowest BCUT2D eigenvalue weighted by Gasteiger charge is -2.21. The molecule has 0 saturated heterocycles. The molecule has 42 heavy (non-hydrogen) atoms. The molecule has 0 saturated carbocycles. The lowest BCUT2D eigenvalue weighted by atomic mass is 9.84. The van der Waals surface area contributed by atoms with Crippen LogP contribution in [0, 0.1) is 13.8 Å². The molecule has 0 bridgehead atoms. The molecule has 2 heterocycles. The molecule has 0 aliphatic carbocycles. The fraction of sp³-hybridized carbons (Fsp3) is 0.412. The second-order valence-corrected chi connectivity index (χ2v) is 11.7. The predicted molar refractivity (Wildman–Crippen MR) is 162 cm³/mol. The van der Waals surface area contributed by atoms with Gasteiger partial charge in [-0.05, 0) is 47.6 Å². The fourth-order valence-corrected chi connectivity index (χ4v) is 7.07. The number of methoxy groups -OCH3 is 4. The van der Waals surface area contributed by atoms with Crippen LogP contribution in [-0.2, 0) is 9.47 Å². The second kappa shape index (κ2) is 9.85. The minimum Gasteiger partial charge on any atom is -0.504 e. The van der Waals surface area contributed by atoms with Gasteiger partial charge in [0.25, 0.3) is 0 Å². The van der Waals surface area contributed by atoms with Gasteiger partial charge in [-0.2, -0.15) is 0 Å². The van der Waals surface area contributed by atoms with Crippen molar-refractivity contribution in [2.45, 2.75) is 66.0 Å². The van der Waals surface area contributed by atoms with E-state index in [2.05, 4.69) is 12.1 Å². The summed E-state index contributed by atoms with van der Waals surface area (Å²) in [6, 6.07) is 4.20. The molecule has 0 spiro atoms. The van der Waals surface area contributed by atoms with E-state index >= 15 is 0 Å². The number of hydrogen-bond acceptors (Lipinski definition) is 8. The first kappa shape index (κ1) is 28.2. The molecule has 2 aliphatic rings. The highest BCUT2D eigenvalue weighted by molar-refractivity contribution is 6.10. The Bertz CT molecular complexity index is 1650. The molecule has 2 aliphatic heterocycles. The number of rotatable bonds is 7. The Labute approximate surface area is 245 Å². The molecule has 2 N–H and O–H groups in total. The van der Waals surface area contributed by atoms with Gasteiger partial charge in [-0.15, -0.1) is 0 Å². The molecular weight excluding hydrogens is 536 g/mol. The Kier molecular flexibility index (Phi) is 6.62. The standard InChI is InChI=1S/C34H38O8/c1-13(2)19-17-11-15(5)21(29-23(17)25(33(39-9)41-29)31(37-7)27(19)35)22-16(6)12-18-20(14(3)4)28(36)32(38-8)26-24(18)30(22)42-34(26)40-10/h11-14,33-36H,1-10H3. The largest absolute Gasteiger partial charge is 0.504 e. The second-order valence-electron chi connectivity index (χ2n) is 11.7. The SMILES string of the molecule is COc1c(O)c(C(C)C)c2cc(C)c(-c3c(C)cc4c(C(C)C)c(O)c(OC)c5c4c3OC5OC)c3c2c1C(OC)O3. The van der Waals surface area contributed by atoms with Crippen LogP contribution in [0.3, 0.4) is 0 Å². The van der Waals surface area contributed by atoms with Crippen LogP contribution in [0.25, 0.3) is 32.7 Å². The van der Waals surface area contributed by atoms with E-state index in [1.54, 1.807) is 28.4 Å². The van der Waals surface area contributed by atoms with E-state index < -0.39 is 12.6 Å². The van der Waals surface area contributed by atoms with Crippen molar-refractivity contribution in [3.05, 3.63) is 45.5 Å². The summed E-state index contributed by atoms with van der Waals surface area (Å²) in [5.74, 6) is 2.25. The summed E-state index contributed by atoms with van der Waals surface area (Å²) in [4.78, 5) is 0. The Morgan fingerprint density at radius 3 is 1.29 bits per heavy atom. The van der Waals surface area contributed by atoms with E-state index in [1.807, 2.05) is 41.5 Å². The summed E-state index contributed by atoms with van der Waals surface area (Å²) in [5.41, 5.74) is 6.53. The van der Waals surface area contributed by atoms with E-state index in [-0.39, 0.29) is 23.3 Å². The maximum Gasteiger partial charge on any atom is 0.231 e. The third-order valence-electron chi connectivity index (χ3n) is 8.67. The third kappa shape index (κ3) is 3.54. The molecule has 8 heteroatoms. The van der Waals surface area contributed by atoms with Crippen molar-refractivity contribution in [3.8, 4) is 45.6 Å². The molecule has 4 aromatic carbocycles. The van der Waals surface area contributed by atoms with Crippen LogP contribution in [-0.4, -0.2) is 38.7 Å². The highest BCUT2D eigenvalue weighted by Crippen LogP contribution is 2.61. The van der Waals surface area contributed by atoms with Gasteiger partial charge in [-0.25, -0.2) is 0 Å². The van der Waals surface area contributed by atoms with Crippen LogP contribution in [0.2, 0.25) is 0 Å². The van der Waals surface area contributed by atoms with E-state index in [0.717, 1.165) is 54.9 Å².